The Hall–Kier alpha value is -3.92. The fourth-order valence-electron chi connectivity index (χ4n) is 4.63. The molecule has 182 valence electrons. The van der Waals surface area contributed by atoms with E-state index in [1.165, 1.54) is 6.08 Å². The summed E-state index contributed by atoms with van der Waals surface area (Å²) in [5.41, 5.74) is 5.74. The number of anilines is 3. The van der Waals surface area contributed by atoms with E-state index in [0.717, 1.165) is 55.5 Å². The molecule has 3 aromatic rings. The highest BCUT2D eigenvalue weighted by Crippen LogP contribution is 2.26. The van der Waals surface area contributed by atoms with Crippen molar-refractivity contribution in [1.82, 2.24) is 30.2 Å². The number of likely N-dealkylation sites (tertiary alicyclic amines) is 2. The van der Waals surface area contributed by atoms with Gasteiger partial charge >= 0.3 is 6.03 Å². The lowest BCUT2D eigenvalue weighted by atomic mass is 10.1. The van der Waals surface area contributed by atoms with Crippen molar-refractivity contribution < 1.29 is 9.59 Å². The molecule has 2 aliphatic rings. The van der Waals surface area contributed by atoms with Gasteiger partial charge in [-0.25, -0.2) is 20.2 Å². The second-order valence-corrected chi connectivity index (χ2v) is 8.92. The van der Waals surface area contributed by atoms with Crippen molar-refractivity contribution in [3.63, 3.8) is 0 Å². The van der Waals surface area contributed by atoms with Gasteiger partial charge in [0.2, 0.25) is 11.9 Å². The lowest BCUT2D eigenvalue weighted by molar-refractivity contribution is -0.127. The number of benzene rings is 1. The lowest BCUT2D eigenvalue weighted by Gasteiger charge is -2.36. The molecule has 3 amide bonds. The van der Waals surface area contributed by atoms with Gasteiger partial charge in [0.1, 0.15) is 5.65 Å². The number of fused-ring (bicyclic) bond motifs is 1. The first kappa shape index (κ1) is 22.9. The van der Waals surface area contributed by atoms with Crippen LogP contribution in [0.25, 0.3) is 11.0 Å². The van der Waals surface area contributed by atoms with E-state index < -0.39 is 0 Å². The number of hydrogen-bond acceptors (Lipinski definition) is 6. The average molecular weight is 475 g/mol. The summed E-state index contributed by atoms with van der Waals surface area (Å²) in [6, 6.07) is 9.44. The summed E-state index contributed by atoms with van der Waals surface area (Å²) in [5, 5.41) is 5.76. The Morgan fingerprint density at radius 3 is 2.80 bits per heavy atom. The van der Waals surface area contributed by atoms with E-state index in [2.05, 4.69) is 27.3 Å². The predicted molar refractivity (Wildman–Crippen MR) is 135 cm³/mol. The van der Waals surface area contributed by atoms with Gasteiger partial charge in [0.15, 0.2) is 0 Å². The van der Waals surface area contributed by atoms with E-state index in [0.29, 0.717) is 24.7 Å². The van der Waals surface area contributed by atoms with E-state index in [1.807, 2.05) is 46.4 Å². The first-order chi connectivity index (χ1) is 17.1. The number of aromatic nitrogens is 3. The zero-order chi connectivity index (χ0) is 24.2. The normalized spacial score (nSPS) is 18.0. The van der Waals surface area contributed by atoms with Gasteiger partial charge in [0.05, 0.1) is 5.69 Å². The molecule has 0 spiro atoms. The number of H-pyrrole nitrogens is 1. The summed E-state index contributed by atoms with van der Waals surface area (Å²) >= 11 is 0. The third-order valence-corrected chi connectivity index (χ3v) is 6.46. The predicted octanol–water partition coefficient (Wildman–Crippen LogP) is 3.41. The molecule has 0 saturated carbocycles. The highest BCUT2D eigenvalue weighted by atomic mass is 16.2. The van der Waals surface area contributed by atoms with Crippen LogP contribution in [0.3, 0.4) is 0 Å². The molecule has 35 heavy (non-hydrogen) atoms. The van der Waals surface area contributed by atoms with Crippen LogP contribution >= 0.6 is 0 Å². The molecule has 2 aromatic heterocycles. The fraction of sp³-hybridized carbons (Fsp3) is 0.360. The van der Waals surface area contributed by atoms with Crippen molar-refractivity contribution in [3.05, 3.63) is 55.4 Å². The van der Waals surface area contributed by atoms with E-state index in [9.17, 15) is 9.59 Å². The number of nitrogens with one attached hydrogen (secondary N) is 3. The first-order valence-electron chi connectivity index (χ1n) is 12.0. The maximum Gasteiger partial charge on any atom is 0.321 e. The van der Waals surface area contributed by atoms with Gasteiger partial charge in [-0.2, -0.15) is 4.98 Å². The number of rotatable bonds is 6. The topological polar surface area (TPSA) is 109 Å². The maximum atomic E-state index is 12.6. The monoisotopic (exact) mass is 474 g/mol. The van der Waals surface area contributed by atoms with E-state index >= 15 is 0 Å². The van der Waals surface area contributed by atoms with Gasteiger partial charge in [-0.05, 0) is 56.0 Å². The van der Waals surface area contributed by atoms with E-state index in [4.69, 9.17) is 4.98 Å². The van der Waals surface area contributed by atoms with Gasteiger partial charge in [-0.15, -0.1) is 0 Å². The molecule has 1 aromatic carbocycles. The Balaban J connectivity index is 1.42. The lowest BCUT2D eigenvalue weighted by Crippen LogP contribution is -2.52. The smallest absolute Gasteiger partial charge is 0.321 e. The largest absolute Gasteiger partial charge is 0.346 e. The molecule has 0 aliphatic carbocycles. The summed E-state index contributed by atoms with van der Waals surface area (Å²) < 4.78 is 0. The maximum absolute atomic E-state index is 12.6. The number of hydrogen-bond donors (Lipinski definition) is 3. The molecule has 2 aliphatic heterocycles. The molecule has 10 heteroatoms. The number of piperidine rings is 1. The van der Waals surface area contributed by atoms with Gasteiger partial charge < -0.3 is 20.1 Å². The molecule has 4 heterocycles. The fourth-order valence-corrected chi connectivity index (χ4v) is 4.63. The van der Waals surface area contributed by atoms with Crippen LogP contribution in [-0.2, 0) is 4.79 Å². The number of hydrazine groups is 1. The summed E-state index contributed by atoms with van der Waals surface area (Å²) in [7, 11) is 0. The first-order valence-corrected chi connectivity index (χ1v) is 12.0. The zero-order valence-corrected chi connectivity index (χ0v) is 19.6. The number of carbonyl (C=O) groups is 2. The SMILES string of the molecule is C=CC(=O)N1CCCC(NN(c2cccc(NC(=O)N3CCCC3)c2)c2ncc3cc[nH]c3n2)C1. The van der Waals surface area contributed by atoms with E-state index in [1.54, 1.807) is 11.1 Å². The molecule has 1 unspecified atom stereocenters. The Morgan fingerprint density at radius 2 is 1.97 bits per heavy atom. The summed E-state index contributed by atoms with van der Waals surface area (Å²) in [4.78, 5) is 40.9. The molecule has 0 bridgehead atoms. The van der Waals surface area contributed by atoms with Crippen LogP contribution in [-0.4, -0.2) is 68.9 Å². The van der Waals surface area contributed by atoms with Crippen molar-refractivity contribution >= 4 is 40.3 Å². The quantitative estimate of drug-likeness (QED) is 0.373. The van der Waals surface area contributed by atoms with Crippen LogP contribution in [0.2, 0.25) is 0 Å². The molecular weight excluding hydrogens is 444 g/mol. The minimum absolute atomic E-state index is 0.00145. The van der Waals surface area contributed by atoms with Crippen molar-refractivity contribution in [2.24, 2.45) is 0 Å². The van der Waals surface area contributed by atoms with Crippen LogP contribution in [0.15, 0.2) is 55.4 Å². The van der Waals surface area contributed by atoms with Crippen LogP contribution in [0.1, 0.15) is 25.7 Å². The van der Waals surface area contributed by atoms with Gasteiger partial charge in [0, 0.05) is 55.7 Å². The van der Waals surface area contributed by atoms with Gasteiger partial charge in [-0.3, -0.25) is 4.79 Å². The molecule has 2 saturated heterocycles. The summed E-state index contributed by atoms with van der Waals surface area (Å²) in [6.45, 7) is 6.45. The van der Waals surface area contributed by atoms with Crippen LogP contribution in [0, 0.1) is 0 Å². The molecule has 10 nitrogen and oxygen atoms in total. The van der Waals surface area contributed by atoms with Crippen molar-refractivity contribution in [1.29, 1.82) is 0 Å². The Bertz CT molecular complexity index is 1220. The molecular formula is C25H30N8O2. The van der Waals surface area contributed by atoms with Crippen molar-refractivity contribution in [2.75, 3.05) is 36.5 Å². The molecule has 5 rings (SSSR count). The van der Waals surface area contributed by atoms with Crippen molar-refractivity contribution in [2.45, 2.75) is 31.7 Å². The molecule has 2 fully saturated rings. The van der Waals surface area contributed by atoms with Crippen molar-refractivity contribution in [3.8, 4) is 0 Å². The standard InChI is InChI=1S/C25H30N8O2/c1-2-22(34)32-14-6-8-20(17-32)30-33(24-27-16-18-10-11-26-23(18)29-24)21-9-5-7-19(15-21)28-25(35)31-12-3-4-13-31/h2,5,7,9-11,15-16,20,30H,1,3-4,6,8,12-14,17H2,(H,28,35)(H,26,27,29). The number of aromatic amines is 1. The summed E-state index contributed by atoms with van der Waals surface area (Å²) in [6.07, 6.45) is 8.81. The van der Waals surface area contributed by atoms with Gasteiger partial charge in [-0.1, -0.05) is 12.6 Å². The molecule has 0 radical (unpaired) electrons. The average Bonchev–Trinajstić information content (AvgIpc) is 3.59. The van der Waals surface area contributed by atoms with Crippen LogP contribution in [0.4, 0.5) is 22.1 Å². The minimum atomic E-state index is -0.0888. The highest BCUT2D eigenvalue weighted by molar-refractivity contribution is 5.90. The second kappa shape index (κ2) is 10.1. The number of amides is 3. The molecule has 3 N–H and O–H groups in total. The molecule has 1 atom stereocenters. The van der Waals surface area contributed by atoms with Gasteiger partial charge in [0.25, 0.3) is 0 Å². The van der Waals surface area contributed by atoms with E-state index in [-0.39, 0.29) is 18.0 Å². The van der Waals surface area contributed by atoms with Crippen LogP contribution in [0.5, 0.6) is 0 Å². The summed E-state index contributed by atoms with van der Waals surface area (Å²) in [5.74, 6) is 0.397. The Kier molecular flexibility index (Phi) is 6.62. The third-order valence-electron chi connectivity index (χ3n) is 6.46. The highest BCUT2D eigenvalue weighted by Gasteiger charge is 2.26. The minimum Gasteiger partial charge on any atom is -0.346 e. The second-order valence-electron chi connectivity index (χ2n) is 8.92. The number of nitrogens with zero attached hydrogens (tertiary/aromatic N) is 5. The number of urea groups is 1. The zero-order valence-electron chi connectivity index (χ0n) is 19.6. The van der Waals surface area contributed by atoms with Crippen LogP contribution < -0.4 is 15.8 Å². The Labute approximate surface area is 204 Å². The Morgan fingerprint density at radius 1 is 1.14 bits per heavy atom. The number of carbonyl (C=O) groups excluding carboxylic acids is 2. The third kappa shape index (κ3) is 5.12.